The van der Waals surface area contributed by atoms with Gasteiger partial charge in [-0.3, -0.25) is 4.90 Å². The molecular formula is C9H18N2O. The minimum Gasteiger partial charge on any atom is -0.380 e. The molecule has 0 aromatic heterocycles. The van der Waals surface area contributed by atoms with Gasteiger partial charge in [-0.25, -0.2) is 0 Å². The average molecular weight is 170 g/mol. The maximum absolute atomic E-state index is 5.85. The number of hydrogen-bond acceptors (Lipinski definition) is 3. The van der Waals surface area contributed by atoms with Gasteiger partial charge in [0.25, 0.3) is 0 Å². The van der Waals surface area contributed by atoms with E-state index in [9.17, 15) is 0 Å². The minimum atomic E-state index is 0.409. The van der Waals surface area contributed by atoms with Crippen LogP contribution in [0, 0.1) is 0 Å². The van der Waals surface area contributed by atoms with E-state index in [1.54, 1.807) is 0 Å². The molecule has 2 heterocycles. The lowest BCUT2D eigenvalue weighted by Gasteiger charge is -2.30. The van der Waals surface area contributed by atoms with Gasteiger partial charge in [-0.1, -0.05) is 0 Å². The molecule has 2 aliphatic rings. The summed E-state index contributed by atoms with van der Waals surface area (Å²) in [4.78, 5) is 2.49. The molecule has 0 spiro atoms. The largest absolute Gasteiger partial charge is 0.380 e. The van der Waals surface area contributed by atoms with E-state index in [1.807, 2.05) is 0 Å². The first-order valence-corrected chi connectivity index (χ1v) is 4.93. The predicted molar refractivity (Wildman–Crippen MR) is 48.0 cm³/mol. The molecular weight excluding hydrogens is 152 g/mol. The average Bonchev–Trinajstić information content (AvgIpc) is 2.54. The Morgan fingerprint density at radius 2 is 2.25 bits per heavy atom. The van der Waals surface area contributed by atoms with Gasteiger partial charge in [-0.2, -0.15) is 0 Å². The molecule has 12 heavy (non-hydrogen) atoms. The molecule has 0 aromatic carbocycles. The molecule has 1 unspecified atom stereocenters. The van der Waals surface area contributed by atoms with Crippen LogP contribution in [-0.4, -0.2) is 43.3 Å². The number of likely N-dealkylation sites (tertiary alicyclic amines) is 1. The van der Waals surface area contributed by atoms with E-state index in [4.69, 9.17) is 10.5 Å². The first kappa shape index (κ1) is 8.48. The van der Waals surface area contributed by atoms with Gasteiger partial charge in [0, 0.05) is 31.8 Å². The van der Waals surface area contributed by atoms with Crippen LogP contribution in [0.25, 0.3) is 0 Å². The van der Waals surface area contributed by atoms with Gasteiger partial charge in [-0.05, 0) is 19.3 Å². The van der Waals surface area contributed by atoms with Crippen LogP contribution in [0.15, 0.2) is 0 Å². The molecule has 2 saturated heterocycles. The van der Waals surface area contributed by atoms with Gasteiger partial charge in [0.1, 0.15) is 0 Å². The predicted octanol–water partition coefficient (Wildman–Crippen LogP) is 0.198. The second-order valence-electron chi connectivity index (χ2n) is 3.91. The lowest BCUT2D eigenvalue weighted by molar-refractivity contribution is 0.0264. The van der Waals surface area contributed by atoms with Gasteiger partial charge in [0.15, 0.2) is 0 Å². The van der Waals surface area contributed by atoms with Crippen LogP contribution < -0.4 is 5.73 Å². The van der Waals surface area contributed by atoms with Gasteiger partial charge in [0.05, 0.1) is 6.61 Å². The second-order valence-corrected chi connectivity index (χ2v) is 3.91. The second kappa shape index (κ2) is 3.73. The van der Waals surface area contributed by atoms with E-state index < -0.39 is 0 Å². The summed E-state index contributed by atoms with van der Waals surface area (Å²) in [6, 6.07) is 1.07. The highest BCUT2D eigenvalue weighted by Gasteiger charge is 2.27. The number of rotatable bonds is 1. The molecule has 2 N–H and O–H groups in total. The number of nitrogens with two attached hydrogens (primary N) is 1. The molecule has 70 valence electrons. The van der Waals surface area contributed by atoms with Crippen LogP contribution in [0.1, 0.15) is 19.3 Å². The van der Waals surface area contributed by atoms with Crippen molar-refractivity contribution in [3.8, 4) is 0 Å². The molecule has 0 aromatic rings. The fraction of sp³-hybridized carbons (Fsp3) is 1.00. The van der Waals surface area contributed by atoms with Crippen molar-refractivity contribution >= 4 is 0 Å². The summed E-state index contributed by atoms with van der Waals surface area (Å²) < 4.78 is 5.45. The van der Waals surface area contributed by atoms with Gasteiger partial charge in [0.2, 0.25) is 0 Å². The van der Waals surface area contributed by atoms with Crippen LogP contribution in [-0.2, 0) is 4.74 Å². The Bertz CT molecular complexity index is 143. The fourth-order valence-corrected chi connectivity index (χ4v) is 2.16. The third-order valence-electron chi connectivity index (χ3n) is 2.91. The standard InChI is InChI=1S/C9H18N2O/c10-8-3-4-11(6-8)9-2-1-5-12-7-9/h8-9H,1-7,10H2/t8-,9?/m0/s1. The molecule has 3 heteroatoms. The van der Waals surface area contributed by atoms with Crippen molar-refractivity contribution < 1.29 is 4.74 Å². The number of ether oxygens (including phenoxy) is 1. The molecule has 0 amide bonds. The number of nitrogens with zero attached hydrogens (tertiary/aromatic N) is 1. The SMILES string of the molecule is N[C@H]1CCN(C2CCCOC2)C1. The lowest BCUT2D eigenvalue weighted by atomic mass is 10.1. The van der Waals surface area contributed by atoms with Crippen LogP contribution in [0.5, 0.6) is 0 Å². The van der Waals surface area contributed by atoms with Crippen LogP contribution in [0.4, 0.5) is 0 Å². The van der Waals surface area contributed by atoms with Crippen LogP contribution in [0.2, 0.25) is 0 Å². The van der Waals surface area contributed by atoms with Gasteiger partial charge >= 0.3 is 0 Å². The third-order valence-corrected chi connectivity index (χ3v) is 2.91. The quantitative estimate of drug-likeness (QED) is 0.611. The Kier molecular flexibility index (Phi) is 2.63. The Morgan fingerprint density at radius 1 is 1.33 bits per heavy atom. The van der Waals surface area contributed by atoms with E-state index in [0.29, 0.717) is 12.1 Å². The zero-order chi connectivity index (χ0) is 8.39. The smallest absolute Gasteiger partial charge is 0.0621 e. The Balaban J connectivity index is 1.83. The normalized spacial score (nSPS) is 38.8. The Hall–Kier alpha value is -0.120. The Labute approximate surface area is 73.9 Å². The van der Waals surface area contributed by atoms with Crippen molar-refractivity contribution in [1.29, 1.82) is 0 Å². The molecule has 2 aliphatic heterocycles. The monoisotopic (exact) mass is 170 g/mol. The van der Waals surface area contributed by atoms with Crippen molar-refractivity contribution in [3.63, 3.8) is 0 Å². The van der Waals surface area contributed by atoms with Crippen LogP contribution in [0.3, 0.4) is 0 Å². The van der Waals surface area contributed by atoms with E-state index >= 15 is 0 Å². The zero-order valence-corrected chi connectivity index (χ0v) is 7.54. The molecule has 2 rings (SSSR count). The summed E-state index contributed by atoms with van der Waals surface area (Å²) in [6.45, 7) is 4.13. The van der Waals surface area contributed by atoms with Crippen molar-refractivity contribution in [2.24, 2.45) is 5.73 Å². The summed E-state index contributed by atoms with van der Waals surface area (Å²) in [5.74, 6) is 0. The van der Waals surface area contributed by atoms with E-state index in [2.05, 4.69) is 4.90 Å². The van der Waals surface area contributed by atoms with E-state index in [1.165, 1.54) is 19.4 Å². The first-order chi connectivity index (χ1) is 5.86. The highest BCUT2D eigenvalue weighted by molar-refractivity contribution is 4.84. The maximum atomic E-state index is 5.85. The van der Waals surface area contributed by atoms with Crippen molar-refractivity contribution in [2.75, 3.05) is 26.3 Å². The molecule has 0 saturated carbocycles. The minimum absolute atomic E-state index is 0.409. The summed E-state index contributed by atoms with van der Waals surface area (Å²) in [6.07, 6.45) is 3.68. The zero-order valence-electron chi connectivity index (χ0n) is 7.54. The van der Waals surface area contributed by atoms with Crippen LogP contribution >= 0.6 is 0 Å². The van der Waals surface area contributed by atoms with Crippen molar-refractivity contribution in [3.05, 3.63) is 0 Å². The molecule has 3 nitrogen and oxygen atoms in total. The molecule has 2 fully saturated rings. The summed E-state index contributed by atoms with van der Waals surface area (Å²) in [5, 5.41) is 0. The summed E-state index contributed by atoms with van der Waals surface area (Å²) in [7, 11) is 0. The van der Waals surface area contributed by atoms with E-state index in [0.717, 1.165) is 26.2 Å². The third kappa shape index (κ3) is 1.79. The lowest BCUT2D eigenvalue weighted by Crippen LogP contribution is -2.40. The molecule has 0 radical (unpaired) electrons. The first-order valence-electron chi connectivity index (χ1n) is 4.93. The van der Waals surface area contributed by atoms with E-state index in [-0.39, 0.29) is 0 Å². The number of hydrogen-bond donors (Lipinski definition) is 1. The highest BCUT2D eigenvalue weighted by Crippen LogP contribution is 2.18. The van der Waals surface area contributed by atoms with Gasteiger partial charge in [-0.15, -0.1) is 0 Å². The Morgan fingerprint density at radius 3 is 2.83 bits per heavy atom. The maximum Gasteiger partial charge on any atom is 0.0621 e. The van der Waals surface area contributed by atoms with Crippen molar-refractivity contribution in [2.45, 2.75) is 31.3 Å². The molecule has 2 atom stereocenters. The summed E-state index contributed by atoms with van der Waals surface area (Å²) in [5.41, 5.74) is 5.85. The molecule has 0 aliphatic carbocycles. The molecule has 0 bridgehead atoms. The van der Waals surface area contributed by atoms with Crippen molar-refractivity contribution in [1.82, 2.24) is 4.90 Å². The topological polar surface area (TPSA) is 38.5 Å². The fourth-order valence-electron chi connectivity index (χ4n) is 2.16. The summed E-state index contributed by atoms with van der Waals surface area (Å²) >= 11 is 0. The highest BCUT2D eigenvalue weighted by atomic mass is 16.5. The van der Waals surface area contributed by atoms with Gasteiger partial charge < -0.3 is 10.5 Å².